The van der Waals surface area contributed by atoms with Gasteiger partial charge in [0.2, 0.25) is 5.88 Å². The summed E-state index contributed by atoms with van der Waals surface area (Å²) in [4.78, 5) is 11.6. The van der Waals surface area contributed by atoms with Crippen molar-refractivity contribution in [3.05, 3.63) is 41.6 Å². The lowest BCUT2D eigenvalue weighted by Gasteiger charge is -2.03. The van der Waals surface area contributed by atoms with Crippen molar-refractivity contribution in [2.45, 2.75) is 0 Å². The molecule has 0 aromatic carbocycles. The second-order valence-electron chi connectivity index (χ2n) is 2.79. The lowest BCUT2D eigenvalue weighted by atomic mass is 10.4. The van der Waals surface area contributed by atoms with E-state index in [0.717, 1.165) is 0 Å². The first-order valence-electron chi connectivity index (χ1n) is 4.28. The van der Waals surface area contributed by atoms with Crippen molar-refractivity contribution in [1.29, 1.82) is 5.26 Å². The fraction of sp³-hybridized carbons (Fsp3) is 0. The Balaban J connectivity index is 2.18. The molecule has 0 atom stereocenters. The summed E-state index contributed by atoms with van der Waals surface area (Å²) >= 11 is 5.74. The summed E-state index contributed by atoms with van der Waals surface area (Å²) < 4.78 is 5.33. The second-order valence-corrected chi connectivity index (χ2v) is 3.23. The minimum Gasteiger partial charge on any atom is -0.436 e. The normalized spacial score (nSPS) is 9.50. The first kappa shape index (κ1) is 10.3. The fourth-order valence-corrected chi connectivity index (χ4v) is 1.16. The smallest absolute Gasteiger partial charge is 0.237 e. The van der Waals surface area contributed by atoms with Crippen LogP contribution in [0.25, 0.3) is 0 Å². The van der Waals surface area contributed by atoms with Crippen LogP contribution in [0.4, 0.5) is 0 Å². The topological polar surface area (TPSA) is 71.7 Å². The molecule has 2 heterocycles. The van der Waals surface area contributed by atoms with E-state index in [4.69, 9.17) is 21.6 Å². The molecule has 2 rings (SSSR count). The summed E-state index contributed by atoms with van der Waals surface area (Å²) in [5.41, 5.74) is 0.233. The van der Waals surface area contributed by atoms with Crippen LogP contribution in [-0.2, 0) is 0 Å². The van der Waals surface area contributed by atoms with Crippen LogP contribution in [0.15, 0.2) is 30.9 Å². The average molecular weight is 233 g/mol. The van der Waals surface area contributed by atoms with E-state index in [1.54, 1.807) is 6.07 Å². The minimum absolute atomic E-state index is 0.233. The van der Waals surface area contributed by atoms with Gasteiger partial charge in [-0.3, -0.25) is 4.98 Å². The molecule has 0 bridgehead atoms. The van der Waals surface area contributed by atoms with Crippen molar-refractivity contribution in [1.82, 2.24) is 15.0 Å². The zero-order valence-electron chi connectivity index (χ0n) is 7.96. The van der Waals surface area contributed by atoms with Gasteiger partial charge in [0.05, 0.1) is 23.6 Å². The van der Waals surface area contributed by atoms with Gasteiger partial charge in [0.1, 0.15) is 11.8 Å². The minimum atomic E-state index is 0.233. The van der Waals surface area contributed by atoms with Gasteiger partial charge >= 0.3 is 0 Å². The highest BCUT2D eigenvalue weighted by Gasteiger charge is 2.01. The number of nitrogens with zero attached hydrogens (tertiary/aromatic N) is 4. The van der Waals surface area contributed by atoms with E-state index in [-0.39, 0.29) is 11.6 Å². The Hall–Kier alpha value is -2.19. The van der Waals surface area contributed by atoms with Gasteiger partial charge in [-0.25, -0.2) is 9.97 Å². The Kier molecular flexibility index (Phi) is 2.94. The molecule has 0 aliphatic heterocycles. The Labute approximate surface area is 96.3 Å². The molecular formula is C10H5ClN4O. The molecule has 78 valence electrons. The van der Waals surface area contributed by atoms with Crippen LogP contribution in [-0.4, -0.2) is 15.0 Å². The zero-order valence-corrected chi connectivity index (χ0v) is 8.72. The molecule has 0 amide bonds. The summed E-state index contributed by atoms with van der Waals surface area (Å²) in [5, 5.41) is 9.01. The maximum Gasteiger partial charge on any atom is 0.237 e. The van der Waals surface area contributed by atoms with Gasteiger partial charge in [-0.15, -0.1) is 0 Å². The Bertz CT molecular complexity index is 535. The highest BCUT2D eigenvalue weighted by Crippen LogP contribution is 2.20. The largest absolute Gasteiger partial charge is 0.436 e. The van der Waals surface area contributed by atoms with Crippen LogP contribution in [0.5, 0.6) is 11.6 Å². The number of nitriles is 1. The first-order chi connectivity index (χ1) is 7.78. The predicted octanol–water partition coefficient (Wildman–Crippen LogP) is 2.19. The third-order valence-electron chi connectivity index (χ3n) is 1.64. The Morgan fingerprint density at radius 2 is 2.06 bits per heavy atom. The van der Waals surface area contributed by atoms with Gasteiger partial charge < -0.3 is 4.74 Å². The molecule has 0 unspecified atom stereocenters. The summed E-state index contributed by atoms with van der Waals surface area (Å²) in [6.07, 6.45) is 5.69. The number of hydrogen-bond donors (Lipinski definition) is 0. The summed E-state index contributed by atoms with van der Waals surface area (Å²) in [6, 6.07) is 3.47. The van der Waals surface area contributed by atoms with Crippen molar-refractivity contribution in [2.75, 3.05) is 0 Å². The maximum absolute atomic E-state index is 8.53. The predicted molar refractivity (Wildman–Crippen MR) is 56.1 cm³/mol. The standard InChI is InChI=1S/C10H5ClN4O/c11-7-1-9(5-13-3-7)16-10-6-14-8(2-12)4-15-10/h1,3-6H. The van der Waals surface area contributed by atoms with Crippen LogP contribution in [0.2, 0.25) is 5.02 Å². The van der Waals surface area contributed by atoms with Gasteiger partial charge in [-0.2, -0.15) is 5.26 Å². The molecule has 5 nitrogen and oxygen atoms in total. The molecule has 2 aromatic heterocycles. The third-order valence-corrected chi connectivity index (χ3v) is 1.85. The third kappa shape index (κ3) is 2.43. The number of halogens is 1. The zero-order chi connectivity index (χ0) is 11.4. The van der Waals surface area contributed by atoms with E-state index in [9.17, 15) is 0 Å². The van der Waals surface area contributed by atoms with Gasteiger partial charge in [-0.1, -0.05) is 11.6 Å². The first-order valence-corrected chi connectivity index (χ1v) is 4.66. The lowest BCUT2D eigenvalue weighted by molar-refractivity contribution is 0.458. The van der Waals surface area contributed by atoms with Crippen molar-refractivity contribution in [3.8, 4) is 17.7 Å². The SMILES string of the molecule is N#Cc1cnc(Oc2cncc(Cl)c2)cn1. The van der Waals surface area contributed by atoms with Crippen LogP contribution in [0.1, 0.15) is 5.69 Å². The van der Waals surface area contributed by atoms with Crippen molar-refractivity contribution >= 4 is 11.6 Å². The van der Waals surface area contributed by atoms with Crippen LogP contribution in [0, 0.1) is 11.3 Å². The highest BCUT2D eigenvalue weighted by molar-refractivity contribution is 6.30. The number of ether oxygens (including phenoxy) is 1. The molecule has 0 spiro atoms. The number of hydrogen-bond acceptors (Lipinski definition) is 5. The summed E-state index contributed by atoms with van der Waals surface area (Å²) in [5.74, 6) is 0.745. The van der Waals surface area contributed by atoms with E-state index in [1.807, 2.05) is 6.07 Å². The Morgan fingerprint density at radius 3 is 2.69 bits per heavy atom. The molecule has 16 heavy (non-hydrogen) atoms. The van der Waals surface area contributed by atoms with Crippen molar-refractivity contribution < 1.29 is 4.74 Å². The summed E-state index contributed by atoms with van der Waals surface area (Å²) in [6.45, 7) is 0. The summed E-state index contributed by atoms with van der Waals surface area (Å²) in [7, 11) is 0. The molecule has 6 heteroatoms. The van der Waals surface area contributed by atoms with Crippen molar-refractivity contribution in [3.63, 3.8) is 0 Å². The van der Waals surface area contributed by atoms with Crippen LogP contribution >= 0.6 is 11.6 Å². The molecule has 0 saturated heterocycles. The quantitative estimate of drug-likeness (QED) is 0.794. The fourth-order valence-electron chi connectivity index (χ4n) is 0.996. The van der Waals surface area contributed by atoms with E-state index in [1.165, 1.54) is 24.8 Å². The van der Waals surface area contributed by atoms with Crippen molar-refractivity contribution in [2.24, 2.45) is 0 Å². The van der Waals surface area contributed by atoms with Gasteiger partial charge in [0, 0.05) is 12.3 Å². The van der Waals surface area contributed by atoms with E-state index in [0.29, 0.717) is 10.8 Å². The monoisotopic (exact) mass is 232 g/mol. The van der Waals surface area contributed by atoms with Crippen LogP contribution in [0.3, 0.4) is 0 Å². The van der Waals surface area contributed by atoms with Gasteiger partial charge in [0.15, 0.2) is 5.69 Å². The molecule has 0 fully saturated rings. The molecule has 0 aliphatic rings. The van der Waals surface area contributed by atoms with E-state index >= 15 is 0 Å². The molecule has 2 aromatic rings. The van der Waals surface area contributed by atoms with Gasteiger partial charge in [0.25, 0.3) is 0 Å². The average Bonchev–Trinajstić information content (AvgIpc) is 2.30. The second kappa shape index (κ2) is 4.55. The number of aromatic nitrogens is 3. The Morgan fingerprint density at radius 1 is 1.19 bits per heavy atom. The maximum atomic E-state index is 8.53. The molecular weight excluding hydrogens is 228 g/mol. The van der Waals surface area contributed by atoms with E-state index < -0.39 is 0 Å². The van der Waals surface area contributed by atoms with Gasteiger partial charge in [-0.05, 0) is 0 Å². The molecule has 0 saturated carbocycles. The molecule has 0 N–H and O–H groups in total. The molecule has 0 radical (unpaired) electrons. The van der Waals surface area contributed by atoms with Crippen LogP contribution < -0.4 is 4.74 Å². The number of rotatable bonds is 2. The molecule has 0 aliphatic carbocycles. The van der Waals surface area contributed by atoms with E-state index in [2.05, 4.69) is 15.0 Å². The lowest BCUT2D eigenvalue weighted by Crippen LogP contribution is -1.91. The number of pyridine rings is 1. The highest BCUT2D eigenvalue weighted by atomic mass is 35.5.